The number of aromatic nitrogens is 4. The molecule has 2 rings (SSSR count). The molecular weight excluding hydrogens is 208 g/mol. The Bertz CT molecular complexity index is 369. The molecule has 0 spiro atoms. The maximum absolute atomic E-state index is 4.08. The Morgan fingerprint density at radius 1 is 1.45 bits per heavy atom. The summed E-state index contributed by atoms with van der Waals surface area (Å²) in [6.45, 7) is 0. The van der Waals surface area contributed by atoms with Gasteiger partial charge in [-0.05, 0) is 11.6 Å². The van der Waals surface area contributed by atoms with Gasteiger partial charge in [-0.25, -0.2) is 4.98 Å². The first-order valence-electron chi connectivity index (χ1n) is 3.11. The molecule has 11 heavy (non-hydrogen) atoms. The van der Waals surface area contributed by atoms with E-state index in [1.165, 1.54) is 0 Å². The number of pyridine rings is 1. The summed E-state index contributed by atoms with van der Waals surface area (Å²) in [5.41, 5.74) is 2.57. The molecule has 2 aromatic heterocycles. The predicted octanol–water partition coefficient (Wildman–Crippen LogP) is 1.25. The minimum atomic E-state index is 0.662. The lowest BCUT2D eigenvalue weighted by Gasteiger charge is -1.90. The second kappa shape index (κ2) is 2.58. The highest BCUT2D eigenvalue weighted by molar-refractivity contribution is 9.08. The summed E-state index contributed by atoms with van der Waals surface area (Å²) in [6, 6.07) is 1.95. The molecular formula is C6H5BrN4. The van der Waals surface area contributed by atoms with Crippen LogP contribution in [0.25, 0.3) is 11.2 Å². The van der Waals surface area contributed by atoms with E-state index in [0.29, 0.717) is 5.65 Å². The van der Waals surface area contributed by atoms with Crippen LogP contribution in [0.2, 0.25) is 0 Å². The van der Waals surface area contributed by atoms with Crippen LogP contribution in [0.1, 0.15) is 5.56 Å². The summed E-state index contributed by atoms with van der Waals surface area (Å²) in [5, 5.41) is 11.0. The third kappa shape index (κ3) is 1.11. The topological polar surface area (TPSA) is 54.5 Å². The van der Waals surface area contributed by atoms with Gasteiger partial charge in [-0.1, -0.05) is 15.9 Å². The van der Waals surface area contributed by atoms with E-state index in [2.05, 4.69) is 36.3 Å². The number of hydrogen-bond donors (Lipinski definition) is 1. The fraction of sp³-hybridized carbons (Fsp3) is 0.167. The summed E-state index contributed by atoms with van der Waals surface area (Å²) in [6.07, 6.45) is 1.78. The molecule has 0 fully saturated rings. The molecule has 5 heteroatoms. The normalized spacial score (nSPS) is 10.6. The van der Waals surface area contributed by atoms with Gasteiger partial charge in [0.25, 0.3) is 0 Å². The lowest BCUT2D eigenvalue weighted by molar-refractivity contribution is 0.954. The minimum Gasteiger partial charge on any atom is -0.233 e. The number of nitrogens with one attached hydrogen (secondary N) is 1. The van der Waals surface area contributed by atoms with Crippen molar-refractivity contribution in [1.29, 1.82) is 0 Å². The van der Waals surface area contributed by atoms with E-state index in [9.17, 15) is 0 Å². The van der Waals surface area contributed by atoms with Crippen LogP contribution in [0.5, 0.6) is 0 Å². The van der Waals surface area contributed by atoms with Crippen molar-refractivity contribution in [3.63, 3.8) is 0 Å². The molecule has 0 bridgehead atoms. The Kier molecular flexibility index (Phi) is 1.58. The van der Waals surface area contributed by atoms with E-state index in [4.69, 9.17) is 0 Å². The van der Waals surface area contributed by atoms with Gasteiger partial charge >= 0.3 is 0 Å². The minimum absolute atomic E-state index is 0.662. The van der Waals surface area contributed by atoms with Gasteiger partial charge in [0, 0.05) is 11.5 Å². The van der Waals surface area contributed by atoms with Crippen LogP contribution in [0.15, 0.2) is 12.3 Å². The third-order valence-corrected chi connectivity index (χ3v) is 2.03. The average Bonchev–Trinajstić information content (AvgIpc) is 2.50. The first-order valence-corrected chi connectivity index (χ1v) is 4.23. The molecule has 0 atom stereocenters. The second-order valence-electron chi connectivity index (χ2n) is 2.14. The zero-order valence-corrected chi connectivity index (χ0v) is 7.17. The maximum atomic E-state index is 4.08. The van der Waals surface area contributed by atoms with Gasteiger partial charge in [0.1, 0.15) is 5.52 Å². The maximum Gasteiger partial charge on any atom is 0.201 e. The molecule has 2 heterocycles. The van der Waals surface area contributed by atoms with Crippen molar-refractivity contribution in [2.45, 2.75) is 5.33 Å². The highest BCUT2D eigenvalue weighted by Gasteiger charge is 1.98. The lowest BCUT2D eigenvalue weighted by Crippen LogP contribution is -1.81. The number of halogens is 1. The Morgan fingerprint density at radius 3 is 3.18 bits per heavy atom. The molecule has 56 valence electrons. The molecule has 2 aromatic rings. The molecule has 0 aliphatic rings. The third-order valence-electron chi connectivity index (χ3n) is 1.38. The van der Waals surface area contributed by atoms with Gasteiger partial charge < -0.3 is 0 Å². The summed E-state index contributed by atoms with van der Waals surface area (Å²) in [5.74, 6) is 0. The first-order chi connectivity index (χ1) is 5.40. The molecule has 0 amide bonds. The molecule has 0 saturated heterocycles. The number of nitrogens with zero attached hydrogens (tertiary/aromatic N) is 3. The highest BCUT2D eigenvalue weighted by Crippen LogP contribution is 2.09. The van der Waals surface area contributed by atoms with E-state index in [0.717, 1.165) is 16.4 Å². The summed E-state index contributed by atoms with van der Waals surface area (Å²) < 4.78 is 0. The zero-order chi connectivity index (χ0) is 7.68. The van der Waals surface area contributed by atoms with Crippen LogP contribution >= 0.6 is 15.9 Å². The summed E-state index contributed by atoms with van der Waals surface area (Å²) in [4.78, 5) is 4.08. The van der Waals surface area contributed by atoms with Crippen molar-refractivity contribution >= 4 is 27.1 Å². The molecule has 0 unspecified atom stereocenters. The Hall–Kier alpha value is -0.970. The quantitative estimate of drug-likeness (QED) is 0.725. The van der Waals surface area contributed by atoms with Crippen LogP contribution in [0.3, 0.4) is 0 Å². The van der Waals surface area contributed by atoms with Gasteiger partial charge in [0.2, 0.25) is 5.65 Å². The van der Waals surface area contributed by atoms with Crippen molar-refractivity contribution in [3.8, 4) is 0 Å². The number of hydrogen-bond acceptors (Lipinski definition) is 3. The van der Waals surface area contributed by atoms with Crippen molar-refractivity contribution < 1.29 is 0 Å². The smallest absolute Gasteiger partial charge is 0.201 e. The molecule has 0 aliphatic heterocycles. The Balaban J connectivity index is 2.67. The van der Waals surface area contributed by atoms with E-state index in [1.54, 1.807) is 6.20 Å². The summed E-state index contributed by atoms with van der Waals surface area (Å²) in [7, 11) is 0. The lowest BCUT2D eigenvalue weighted by atomic mass is 10.3. The average molecular weight is 213 g/mol. The van der Waals surface area contributed by atoms with Crippen molar-refractivity contribution in [3.05, 3.63) is 17.8 Å². The highest BCUT2D eigenvalue weighted by atomic mass is 79.9. The van der Waals surface area contributed by atoms with Crippen LogP contribution in [-0.4, -0.2) is 20.4 Å². The van der Waals surface area contributed by atoms with E-state index >= 15 is 0 Å². The fourth-order valence-electron chi connectivity index (χ4n) is 0.855. The fourth-order valence-corrected chi connectivity index (χ4v) is 1.16. The van der Waals surface area contributed by atoms with Crippen LogP contribution in [0, 0.1) is 0 Å². The van der Waals surface area contributed by atoms with Gasteiger partial charge in [-0.15, -0.1) is 5.10 Å². The Labute approximate surface area is 71.2 Å². The number of fused-ring (bicyclic) bond motifs is 1. The van der Waals surface area contributed by atoms with E-state index < -0.39 is 0 Å². The SMILES string of the molecule is BrCc1cnc2n[nH]nc2c1. The first kappa shape index (κ1) is 6.72. The number of rotatable bonds is 1. The number of aromatic amines is 1. The van der Waals surface area contributed by atoms with Crippen LogP contribution in [-0.2, 0) is 5.33 Å². The van der Waals surface area contributed by atoms with Crippen molar-refractivity contribution in [1.82, 2.24) is 20.4 Å². The van der Waals surface area contributed by atoms with Gasteiger partial charge in [-0.2, -0.15) is 10.3 Å². The standard InChI is InChI=1S/C6H5BrN4/c7-2-4-1-5-6(8-3-4)10-11-9-5/h1,3H,2H2,(H,8,9,10,11). The number of alkyl halides is 1. The molecule has 0 aromatic carbocycles. The van der Waals surface area contributed by atoms with Gasteiger partial charge in [0.15, 0.2) is 0 Å². The summed E-state index contributed by atoms with van der Waals surface area (Å²) >= 11 is 3.33. The molecule has 0 radical (unpaired) electrons. The number of H-pyrrole nitrogens is 1. The van der Waals surface area contributed by atoms with E-state index in [1.807, 2.05) is 6.07 Å². The molecule has 0 saturated carbocycles. The van der Waals surface area contributed by atoms with Gasteiger partial charge in [0.05, 0.1) is 0 Å². The predicted molar refractivity (Wildman–Crippen MR) is 44.3 cm³/mol. The molecule has 4 nitrogen and oxygen atoms in total. The van der Waals surface area contributed by atoms with Crippen LogP contribution in [0.4, 0.5) is 0 Å². The molecule has 0 aliphatic carbocycles. The second-order valence-corrected chi connectivity index (χ2v) is 2.70. The molecule has 1 N–H and O–H groups in total. The van der Waals surface area contributed by atoms with E-state index in [-0.39, 0.29) is 0 Å². The Morgan fingerprint density at radius 2 is 2.36 bits per heavy atom. The van der Waals surface area contributed by atoms with Crippen molar-refractivity contribution in [2.75, 3.05) is 0 Å². The van der Waals surface area contributed by atoms with Crippen molar-refractivity contribution in [2.24, 2.45) is 0 Å². The van der Waals surface area contributed by atoms with Gasteiger partial charge in [-0.3, -0.25) is 0 Å². The monoisotopic (exact) mass is 212 g/mol. The largest absolute Gasteiger partial charge is 0.233 e. The zero-order valence-electron chi connectivity index (χ0n) is 5.58. The van der Waals surface area contributed by atoms with Crippen LogP contribution < -0.4 is 0 Å².